The van der Waals surface area contributed by atoms with Gasteiger partial charge in [-0.25, -0.2) is 14.6 Å². The number of unbranched alkanes of at least 4 members (excludes halogenated alkanes) is 1. The van der Waals surface area contributed by atoms with E-state index in [1.54, 1.807) is 31.2 Å². The van der Waals surface area contributed by atoms with Crippen LogP contribution in [0.5, 0.6) is 0 Å². The maximum absolute atomic E-state index is 11.8. The Morgan fingerprint density at radius 1 is 0.703 bits per heavy atom. The summed E-state index contributed by atoms with van der Waals surface area (Å²) in [5.41, 5.74) is -1.01. The Hall–Kier alpha value is -2.04. The van der Waals surface area contributed by atoms with E-state index in [0.29, 0.717) is 12.2 Å². The monoisotopic (exact) mass is 528 g/mol. The summed E-state index contributed by atoms with van der Waals surface area (Å²) in [5, 5.41) is 0. The quantitative estimate of drug-likeness (QED) is 0.0943. The van der Waals surface area contributed by atoms with Crippen LogP contribution in [0.2, 0.25) is 0 Å². The van der Waals surface area contributed by atoms with Crippen molar-refractivity contribution in [3.63, 3.8) is 0 Å². The fourth-order valence-electron chi connectivity index (χ4n) is 2.04. The summed E-state index contributed by atoms with van der Waals surface area (Å²) in [4.78, 5) is 54.1. The van der Waals surface area contributed by atoms with Crippen LogP contribution >= 0.6 is 0 Å². The Labute approximate surface area is 222 Å². The summed E-state index contributed by atoms with van der Waals surface area (Å²) in [7, 11) is 0. The number of hydrogen-bond donors (Lipinski definition) is 0. The lowest BCUT2D eigenvalue weighted by Crippen LogP contribution is -2.39. The highest BCUT2D eigenvalue weighted by atomic mass is 17.3. The largest absolute Gasteiger partial charge is 0.466 e. The molecular formula is C28H48O9. The van der Waals surface area contributed by atoms with E-state index in [9.17, 15) is 9.59 Å². The van der Waals surface area contributed by atoms with Crippen molar-refractivity contribution >= 4 is 11.9 Å². The Kier molecular flexibility index (Phi) is 15.2. The van der Waals surface area contributed by atoms with E-state index in [4.69, 9.17) is 29.2 Å². The number of carbonyl (C=O) groups excluding carboxylic acids is 2. The van der Waals surface area contributed by atoms with Crippen LogP contribution in [0.1, 0.15) is 112 Å². The van der Waals surface area contributed by atoms with Crippen molar-refractivity contribution in [2.45, 2.75) is 124 Å². The molecule has 0 atom stereocenters. The van der Waals surface area contributed by atoms with Crippen LogP contribution in [-0.4, -0.2) is 41.1 Å². The second-order valence-corrected chi connectivity index (χ2v) is 11.7. The zero-order valence-electron chi connectivity index (χ0n) is 24.6. The van der Waals surface area contributed by atoms with Gasteiger partial charge in [0.25, 0.3) is 0 Å². The third kappa shape index (κ3) is 20.7. The molecule has 0 aromatic heterocycles. The molecule has 0 bridgehead atoms. The van der Waals surface area contributed by atoms with E-state index >= 15 is 0 Å². The zero-order chi connectivity index (χ0) is 28.8. The molecule has 214 valence electrons. The Morgan fingerprint density at radius 3 is 1.62 bits per heavy atom. The summed E-state index contributed by atoms with van der Waals surface area (Å²) in [6.45, 7) is 20.7. The van der Waals surface area contributed by atoms with E-state index < -0.39 is 28.6 Å². The molecule has 0 N–H and O–H groups in total. The maximum atomic E-state index is 11.8. The smallest absolute Gasteiger partial charge is 0.373 e. The van der Waals surface area contributed by atoms with Crippen molar-refractivity contribution < 1.29 is 43.7 Å². The highest BCUT2D eigenvalue weighted by molar-refractivity contribution is 5.88. The van der Waals surface area contributed by atoms with Gasteiger partial charge >= 0.3 is 11.9 Å². The lowest BCUT2D eigenvalue weighted by Gasteiger charge is -2.32. The molecule has 0 amide bonds. The Bertz CT molecular complexity index is 754. The molecule has 37 heavy (non-hydrogen) atoms. The molecular weight excluding hydrogens is 480 g/mol. The molecule has 0 heterocycles. The normalized spacial score (nSPS) is 12.4. The Morgan fingerprint density at radius 2 is 1.19 bits per heavy atom. The van der Waals surface area contributed by atoms with Crippen molar-refractivity contribution in [1.29, 1.82) is 0 Å². The summed E-state index contributed by atoms with van der Waals surface area (Å²) in [6.07, 6.45) is 2.25. The van der Waals surface area contributed by atoms with E-state index in [2.05, 4.69) is 4.89 Å². The van der Waals surface area contributed by atoms with Crippen LogP contribution in [0.4, 0.5) is 0 Å². The summed E-state index contributed by atoms with van der Waals surface area (Å²) >= 11 is 0. The average molecular weight is 529 g/mol. The molecule has 0 aliphatic rings. The first-order valence-corrected chi connectivity index (χ1v) is 12.7. The van der Waals surface area contributed by atoms with Crippen LogP contribution in [0.3, 0.4) is 0 Å². The standard InChI is InChI=1S/C17H34O6.C11H14O3/c1-9-10-13-19-14(18)11-12-17(8,22-20-15(2,3)4)23-21-16(5,6)7;1-11(2,3)14-13-10(12)9-7-5-4-6-8-9/h9-13H2,1-8H3;4-8H,1-3H3. The minimum atomic E-state index is -1.20. The van der Waals surface area contributed by atoms with E-state index in [-0.39, 0.29) is 18.8 Å². The molecule has 0 unspecified atom stereocenters. The van der Waals surface area contributed by atoms with Crippen LogP contribution in [0.25, 0.3) is 0 Å². The minimum Gasteiger partial charge on any atom is -0.466 e. The van der Waals surface area contributed by atoms with Crippen LogP contribution in [-0.2, 0) is 38.9 Å². The van der Waals surface area contributed by atoms with Gasteiger partial charge in [-0.15, -0.1) is 0 Å². The molecule has 1 aromatic carbocycles. The molecule has 0 aliphatic carbocycles. The first-order chi connectivity index (χ1) is 16.9. The summed E-state index contributed by atoms with van der Waals surface area (Å²) < 4.78 is 5.14. The highest BCUT2D eigenvalue weighted by Gasteiger charge is 2.34. The van der Waals surface area contributed by atoms with Gasteiger partial charge in [0.1, 0.15) is 5.60 Å². The second kappa shape index (κ2) is 16.0. The van der Waals surface area contributed by atoms with Crippen molar-refractivity contribution in [2.75, 3.05) is 6.61 Å². The van der Waals surface area contributed by atoms with Gasteiger partial charge in [-0.05, 0) is 87.8 Å². The topological polar surface area (TPSA) is 98.8 Å². The summed E-state index contributed by atoms with van der Waals surface area (Å²) in [6, 6.07) is 8.73. The van der Waals surface area contributed by atoms with Crippen LogP contribution < -0.4 is 0 Å². The maximum Gasteiger partial charge on any atom is 0.373 e. The fraction of sp³-hybridized carbons (Fsp3) is 0.714. The van der Waals surface area contributed by atoms with Crippen molar-refractivity contribution in [3.05, 3.63) is 35.9 Å². The van der Waals surface area contributed by atoms with E-state index in [1.165, 1.54) is 0 Å². The lowest BCUT2D eigenvalue weighted by molar-refractivity contribution is -0.537. The number of benzene rings is 1. The SMILES string of the molecule is CC(C)(C)OOC(=O)c1ccccc1.CCCCOC(=O)CCC(C)(OOC(C)(C)C)OOC(C)(C)C. The van der Waals surface area contributed by atoms with Crippen molar-refractivity contribution in [3.8, 4) is 0 Å². The first-order valence-electron chi connectivity index (χ1n) is 12.7. The Balaban J connectivity index is 0.000000785. The number of carbonyl (C=O) groups is 2. The lowest BCUT2D eigenvalue weighted by atomic mass is 10.1. The second-order valence-electron chi connectivity index (χ2n) is 11.7. The van der Waals surface area contributed by atoms with Gasteiger partial charge < -0.3 is 4.74 Å². The number of esters is 1. The van der Waals surface area contributed by atoms with Gasteiger partial charge in [0, 0.05) is 6.42 Å². The molecule has 0 saturated carbocycles. The predicted molar refractivity (Wildman–Crippen MR) is 140 cm³/mol. The fourth-order valence-corrected chi connectivity index (χ4v) is 2.04. The van der Waals surface area contributed by atoms with Crippen LogP contribution in [0.15, 0.2) is 30.3 Å². The molecule has 0 saturated heterocycles. The van der Waals surface area contributed by atoms with E-state index in [1.807, 2.05) is 75.3 Å². The molecule has 0 aliphatic heterocycles. The number of hydrogen-bond acceptors (Lipinski definition) is 9. The van der Waals surface area contributed by atoms with Crippen molar-refractivity contribution in [2.24, 2.45) is 0 Å². The molecule has 9 heteroatoms. The zero-order valence-corrected chi connectivity index (χ0v) is 24.6. The third-order valence-corrected chi connectivity index (χ3v) is 3.86. The number of ether oxygens (including phenoxy) is 1. The summed E-state index contributed by atoms with van der Waals surface area (Å²) in [5.74, 6) is -1.96. The van der Waals surface area contributed by atoms with Gasteiger partial charge in [0.15, 0.2) is 0 Å². The third-order valence-electron chi connectivity index (χ3n) is 3.86. The molecule has 1 rings (SSSR count). The average Bonchev–Trinajstić information content (AvgIpc) is 2.79. The van der Waals surface area contributed by atoms with Gasteiger partial charge in [0.2, 0.25) is 5.79 Å². The van der Waals surface area contributed by atoms with E-state index in [0.717, 1.165) is 12.8 Å². The number of rotatable bonds is 12. The first kappa shape index (κ1) is 35.0. The highest BCUT2D eigenvalue weighted by Crippen LogP contribution is 2.26. The molecule has 1 aromatic rings. The molecule has 9 nitrogen and oxygen atoms in total. The van der Waals surface area contributed by atoms with Gasteiger partial charge in [0.05, 0.1) is 29.8 Å². The minimum absolute atomic E-state index is 0.154. The molecule has 0 radical (unpaired) electrons. The van der Waals surface area contributed by atoms with Gasteiger partial charge in [-0.2, -0.15) is 14.7 Å². The van der Waals surface area contributed by atoms with Gasteiger partial charge in [-0.3, -0.25) is 9.68 Å². The van der Waals surface area contributed by atoms with Crippen molar-refractivity contribution in [1.82, 2.24) is 0 Å². The predicted octanol–water partition coefficient (Wildman–Crippen LogP) is 6.89. The van der Waals surface area contributed by atoms with Gasteiger partial charge in [-0.1, -0.05) is 31.5 Å². The molecule has 0 spiro atoms. The molecule has 0 fully saturated rings. The van der Waals surface area contributed by atoms with Crippen LogP contribution in [0, 0.1) is 0 Å².